The van der Waals surface area contributed by atoms with Crippen molar-refractivity contribution < 1.29 is 9.15 Å². The number of likely N-dealkylation sites (N-methyl/N-ethyl adjacent to an activating group) is 1. The third kappa shape index (κ3) is 8.34. The zero-order valence-electron chi connectivity index (χ0n) is 15.4. The van der Waals surface area contributed by atoms with Crippen LogP contribution in [-0.4, -0.2) is 56.8 Å². The summed E-state index contributed by atoms with van der Waals surface area (Å²) in [7, 11) is 0. The van der Waals surface area contributed by atoms with Crippen molar-refractivity contribution in [1.29, 1.82) is 0 Å². The Hall–Kier alpha value is -0.800. The molecule has 1 unspecified atom stereocenters. The second-order valence-electron chi connectivity index (χ2n) is 5.10. The summed E-state index contributed by atoms with van der Waals surface area (Å²) in [6.07, 6.45) is 1.72. The van der Waals surface area contributed by atoms with Crippen LogP contribution >= 0.6 is 24.0 Å². The molecule has 0 amide bonds. The van der Waals surface area contributed by atoms with E-state index >= 15 is 0 Å². The highest BCUT2D eigenvalue weighted by Crippen LogP contribution is 2.21. The molecule has 0 aliphatic heterocycles. The molecule has 2 N–H and O–H groups in total. The van der Waals surface area contributed by atoms with Gasteiger partial charge < -0.3 is 19.8 Å². The zero-order chi connectivity index (χ0) is 16.9. The van der Waals surface area contributed by atoms with E-state index < -0.39 is 0 Å². The molecule has 1 atom stereocenters. The summed E-state index contributed by atoms with van der Waals surface area (Å²) in [5.74, 6) is 1.78. The molecule has 140 valence electrons. The average Bonchev–Trinajstić information content (AvgIpc) is 3.09. The Morgan fingerprint density at radius 3 is 2.54 bits per heavy atom. The van der Waals surface area contributed by atoms with E-state index in [0.717, 1.165) is 44.5 Å². The van der Waals surface area contributed by atoms with E-state index in [4.69, 9.17) is 14.1 Å². The zero-order valence-corrected chi connectivity index (χ0v) is 17.7. The quantitative estimate of drug-likeness (QED) is 0.234. The highest BCUT2D eigenvalue weighted by atomic mass is 127. The second kappa shape index (κ2) is 14.5. The molecule has 0 saturated carbocycles. The molecule has 0 saturated heterocycles. The number of ether oxygens (including phenoxy) is 1. The predicted octanol–water partition coefficient (Wildman–Crippen LogP) is 2.87. The Kier molecular flexibility index (Phi) is 14.1. The lowest BCUT2D eigenvalue weighted by Gasteiger charge is -2.27. The van der Waals surface area contributed by atoms with Crippen LogP contribution in [0.3, 0.4) is 0 Å². The van der Waals surface area contributed by atoms with Crippen molar-refractivity contribution in [3.05, 3.63) is 24.2 Å². The first kappa shape index (κ1) is 23.2. The lowest BCUT2D eigenvalue weighted by Crippen LogP contribution is -2.40. The number of nitrogens with one attached hydrogen (secondary N) is 2. The van der Waals surface area contributed by atoms with Crippen molar-refractivity contribution in [2.24, 2.45) is 4.99 Å². The Balaban J connectivity index is 0.00000529. The van der Waals surface area contributed by atoms with Crippen LogP contribution < -0.4 is 10.6 Å². The van der Waals surface area contributed by atoms with Crippen molar-refractivity contribution in [1.82, 2.24) is 15.5 Å². The molecule has 0 aromatic carbocycles. The summed E-state index contributed by atoms with van der Waals surface area (Å²) in [4.78, 5) is 7.07. The molecular formula is C17H33IN4O2. The van der Waals surface area contributed by atoms with Crippen LogP contribution in [0.25, 0.3) is 0 Å². The fraction of sp³-hybridized carbons (Fsp3) is 0.706. The van der Waals surface area contributed by atoms with E-state index in [1.165, 1.54) is 0 Å². The summed E-state index contributed by atoms with van der Waals surface area (Å²) in [5.41, 5.74) is 0. The van der Waals surface area contributed by atoms with Crippen LogP contribution in [0, 0.1) is 0 Å². The lowest BCUT2D eigenvalue weighted by molar-refractivity contribution is 0.152. The number of furan rings is 1. The van der Waals surface area contributed by atoms with Crippen molar-refractivity contribution in [3.8, 4) is 0 Å². The SMILES string of the molecule is CCNC(=NCC(c1ccco1)N(CC)CC)NCCOCC.I. The predicted molar refractivity (Wildman–Crippen MR) is 110 cm³/mol. The van der Waals surface area contributed by atoms with Gasteiger partial charge in [-0.05, 0) is 39.1 Å². The third-order valence-electron chi connectivity index (χ3n) is 3.63. The molecule has 0 fully saturated rings. The van der Waals surface area contributed by atoms with E-state index in [0.29, 0.717) is 13.2 Å². The molecule has 0 spiro atoms. The van der Waals surface area contributed by atoms with Crippen molar-refractivity contribution in [2.75, 3.05) is 45.9 Å². The number of halogens is 1. The minimum absolute atomic E-state index is 0. The Bertz CT molecular complexity index is 422. The first-order valence-corrected chi connectivity index (χ1v) is 8.64. The molecule has 1 rings (SSSR count). The summed E-state index contributed by atoms with van der Waals surface area (Å²) >= 11 is 0. The van der Waals surface area contributed by atoms with E-state index in [2.05, 4.69) is 36.3 Å². The summed E-state index contributed by atoms with van der Waals surface area (Å²) in [6, 6.07) is 4.11. The van der Waals surface area contributed by atoms with Crippen molar-refractivity contribution in [3.63, 3.8) is 0 Å². The molecule has 1 heterocycles. The van der Waals surface area contributed by atoms with Gasteiger partial charge in [-0.3, -0.25) is 9.89 Å². The third-order valence-corrected chi connectivity index (χ3v) is 3.63. The first-order chi connectivity index (χ1) is 11.3. The number of guanidine groups is 1. The van der Waals surface area contributed by atoms with Crippen molar-refractivity contribution in [2.45, 2.75) is 33.7 Å². The highest BCUT2D eigenvalue weighted by molar-refractivity contribution is 14.0. The van der Waals surface area contributed by atoms with Gasteiger partial charge in [-0.2, -0.15) is 0 Å². The van der Waals surface area contributed by atoms with Gasteiger partial charge in [0.1, 0.15) is 5.76 Å². The molecule has 1 aromatic heterocycles. The van der Waals surface area contributed by atoms with Crippen LogP contribution in [0.4, 0.5) is 0 Å². The fourth-order valence-corrected chi connectivity index (χ4v) is 2.44. The minimum Gasteiger partial charge on any atom is -0.468 e. The van der Waals surface area contributed by atoms with Gasteiger partial charge in [0.05, 0.1) is 25.5 Å². The monoisotopic (exact) mass is 452 g/mol. The van der Waals surface area contributed by atoms with Gasteiger partial charge in [0, 0.05) is 19.7 Å². The van der Waals surface area contributed by atoms with E-state index in [1.54, 1.807) is 6.26 Å². The van der Waals surface area contributed by atoms with Crippen LogP contribution in [0.15, 0.2) is 27.8 Å². The van der Waals surface area contributed by atoms with Gasteiger partial charge in [0.15, 0.2) is 5.96 Å². The Labute approximate surface area is 163 Å². The number of aliphatic imine (C=N–C) groups is 1. The number of rotatable bonds is 11. The minimum atomic E-state index is 0. The van der Waals surface area contributed by atoms with Gasteiger partial charge >= 0.3 is 0 Å². The maximum absolute atomic E-state index is 5.61. The van der Waals surface area contributed by atoms with Gasteiger partial charge in [0.25, 0.3) is 0 Å². The second-order valence-corrected chi connectivity index (χ2v) is 5.10. The average molecular weight is 452 g/mol. The normalized spacial score (nSPS) is 12.8. The molecule has 1 aromatic rings. The lowest BCUT2D eigenvalue weighted by atomic mass is 10.2. The molecule has 0 radical (unpaired) electrons. The summed E-state index contributed by atoms with van der Waals surface area (Å²) < 4.78 is 11.0. The maximum Gasteiger partial charge on any atom is 0.191 e. The van der Waals surface area contributed by atoms with Gasteiger partial charge in [-0.1, -0.05) is 13.8 Å². The van der Waals surface area contributed by atoms with Gasteiger partial charge in [-0.15, -0.1) is 24.0 Å². The molecule has 7 heteroatoms. The van der Waals surface area contributed by atoms with Crippen LogP contribution in [0.5, 0.6) is 0 Å². The van der Waals surface area contributed by atoms with Crippen LogP contribution in [0.1, 0.15) is 39.5 Å². The Morgan fingerprint density at radius 1 is 1.25 bits per heavy atom. The molecule has 0 aliphatic carbocycles. The summed E-state index contributed by atoms with van der Waals surface area (Å²) in [5, 5.41) is 6.57. The maximum atomic E-state index is 5.61. The largest absolute Gasteiger partial charge is 0.468 e. The molecule has 6 nitrogen and oxygen atoms in total. The van der Waals surface area contributed by atoms with Crippen molar-refractivity contribution >= 4 is 29.9 Å². The number of nitrogens with zero attached hydrogens (tertiary/aromatic N) is 2. The molecule has 24 heavy (non-hydrogen) atoms. The number of hydrogen-bond donors (Lipinski definition) is 2. The van der Waals surface area contributed by atoms with Gasteiger partial charge in [0.2, 0.25) is 0 Å². The fourth-order valence-electron chi connectivity index (χ4n) is 2.44. The topological polar surface area (TPSA) is 62.0 Å². The Morgan fingerprint density at radius 2 is 2.00 bits per heavy atom. The van der Waals surface area contributed by atoms with E-state index in [1.807, 2.05) is 19.1 Å². The number of hydrogen-bond acceptors (Lipinski definition) is 4. The van der Waals surface area contributed by atoms with Crippen LogP contribution in [-0.2, 0) is 4.74 Å². The standard InChI is InChI=1S/C17H32N4O2.HI/c1-5-18-17(19-11-13-22-8-4)20-14-15(21(6-2)7-3)16-10-9-12-23-16;/h9-10,12,15H,5-8,11,13-14H2,1-4H3,(H2,18,19,20);1H. The molecule has 0 aliphatic rings. The van der Waals surface area contributed by atoms with Gasteiger partial charge in [-0.25, -0.2) is 0 Å². The first-order valence-electron chi connectivity index (χ1n) is 8.64. The summed E-state index contributed by atoms with van der Waals surface area (Å²) in [6.45, 7) is 14.0. The molecular weight excluding hydrogens is 419 g/mol. The highest BCUT2D eigenvalue weighted by Gasteiger charge is 2.20. The van der Waals surface area contributed by atoms with E-state index in [9.17, 15) is 0 Å². The van der Waals surface area contributed by atoms with Crippen LogP contribution in [0.2, 0.25) is 0 Å². The smallest absolute Gasteiger partial charge is 0.191 e. The van der Waals surface area contributed by atoms with E-state index in [-0.39, 0.29) is 30.0 Å². The molecule has 0 bridgehead atoms.